The molecule has 0 amide bonds. The Morgan fingerprint density at radius 3 is 2.86 bits per heavy atom. The molecule has 0 aliphatic carbocycles. The van der Waals surface area contributed by atoms with E-state index >= 15 is 0 Å². The van der Waals surface area contributed by atoms with Gasteiger partial charge < -0.3 is 20.0 Å². The number of carbonyl (C=O) groups excluding carboxylic acids is 1. The predicted molar refractivity (Wildman–Crippen MR) is 46.5 cm³/mol. The van der Waals surface area contributed by atoms with E-state index in [9.17, 15) is 4.79 Å². The number of hydrogen-bond donors (Lipinski definition) is 1. The van der Waals surface area contributed by atoms with Gasteiger partial charge >= 0.3 is 0 Å². The summed E-state index contributed by atoms with van der Waals surface area (Å²) in [5.41, 5.74) is 7.01. The molecule has 1 aliphatic rings. The van der Waals surface area contributed by atoms with Crippen LogP contribution in [0.4, 0.5) is 5.69 Å². The summed E-state index contributed by atoms with van der Waals surface area (Å²) < 4.78 is 10.3. The molecular formula is C9H8NO3Y-. The van der Waals surface area contributed by atoms with Crippen LogP contribution in [0.5, 0.6) is 11.5 Å². The number of anilines is 1. The van der Waals surface area contributed by atoms with Crippen molar-refractivity contribution in [1.29, 1.82) is 0 Å². The van der Waals surface area contributed by atoms with E-state index in [2.05, 4.69) is 0 Å². The second-order valence-corrected chi connectivity index (χ2v) is 2.80. The van der Waals surface area contributed by atoms with Gasteiger partial charge in [0.2, 0.25) is 6.79 Å². The van der Waals surface area contributed by atoms with Gasteiger partial charge in [0.1, 0.15) is 11.5 Å². The summed E-state index contributed by atoms with van der Waals surface area (Å²) in [6.07, 6.45) is 1.78. The molecule has 1 heterocycles. The van der Waals surface area contributed by atoms with Gasteiger partial charge in [0.15, 0.2) is 0 Å². The van der Waals surface area contributed by atoms with Crippen molar-refractivity contribution in [2.24, 2.45) is 0 Å². The zero-order valence-electron chi connectivity index (χ0n) is 7.66. The Hall–Kier alpha value is -0.606. The molecule has 1 radical (unpaired) electrons. The topological polar surface area (TPSA) is 61.6 Å². The molecule has 0 saturated carbocycles. The van der Waals surface area contributed by atoms with Gasteiger partial charge in [-0.15, -0.1) is 11.1 Å². The second-order valence-electron chi connectivity index (χ2n) is 2.80. The molecular weight excluding hydrogens is 259 g/mol. The van der Waals surface area contributed by atoms with Crippen molar-refractivity contribution < 1.29 is 47.0 Å². The maximum Gasteiger partial charge on any atom is 0.229 e. The molecule has 4 nitrogen and oxygen atoms in total. The van der Waals surface area contributed by atoms with Crippen molar-refractivity contribution in [3.63, 3.8) is 0 Å². The molecule has 0 unspecified atom stereocenters. The molecule has 2 rings (SSSR count). The molecule has 0 aromatic heterocycles. The van der Waals surface area contributed by atoms with Crippen molar-refractivity contribution in [1.82, 2.24) is 0 Å². The molecule has 0 fully saturated rings. The quantitative estimate of drug-likeness (QED) is 0.602. The predicted octanol–water partition coefficient (Wildman–Crippen LogP) is 0.761. The van der Waals surface area contributed by atoms with Crippen LogP contribution in [0.15, 0.2) is 6.07 Å². The van der Waals surface area contributed by atoms with E-state index in [-0.39, 0.29) is 39.5 Å². The molecule has 1 aliphatic heterocycles. The van der Waals surface area contributed by atoms with E-state index in [4.69, 9.17) is 15.2 Å². The molecule has 5 heteroatoms. The third-order valence-corrected chi connectivity index (χ3v) is 2.03. The van der Waals surface area contributed by atoms with Crippen LogP contribution in [0.2, 0.25) is 0 Å². The van der Waals surface area contributed by atoms with Crippen molar-refractivity contribution in [2.75, 3.05) is 12.5 Å². The molecule has 2 N–H and O–H groups in total. The largest absolute Gasteiger partial charge is 0.466 e. The van der Waals surface area contributed by atoms with Gasteiger partial charge in [-0.05, 0) is 6.07 Å². The minimum atomic E-state index is 0. The van der Waals surface area contributed by atoms with Crippen LogP contribution in [0.1, 0.15) is 11.1 Å². The van der Waals surface area contributed by atoms with Gasteiger partial charge in [-0.3, -0.25) is 0 Å². The first-order valence-electron chi connectivity index (χ1n) is 3.81. The zero-order chi connectivity index (χ0) is 9.42. The summed E-state index contributed by atoms with van der Waals surface area (Å²) in [6.45, 7) is 1.93. The molecule has 0 saturated heterocycles. The minimum absolute atomic E-state index is 0. The van der Waals surface area contributed by atoms with Gasteiger partial charge in [0.25, 0.3) is 0 Å². The number of ether oxygens (including phenoxy) is 2. The second kappa shape index (κ2) is 4.28. The Balaban J connectivity index is 0.000000980. The number of nitrogen functional groups attached to an aromatic ring is 1. The fourth-order valence-corrected chi connectivity index (χ4v) is 1.37. The Bertz CT molecular complexity index is 379. The van der Waals surface area contributed by atoms with E-state index in [0.717, 1.165) is 0 Å². The third kappa shape index (κ3) is 1.64. The Morgan fingerprint density at radius 1 is 1.50 bits per heavy atom. The number of nitrogens with two attached hydrogens (primary N) is 1. The van der Waals surface area contributed by atoms with Crippen molar-refractivity contribution in [2.45, 2.75) is 6.92 Å². The Kier molecular flexibility index (Phi) is 3.50. The number of hydrogen-bond acceptors (Lipinski definition) is 4. The molecule has 0 atom stereocenters. The average molecular weight is 267 g/mol. The van der Waals surface area contributed by atoms with Crippen LogP contribution in [0, 0.1) is 6.92 Å². The van der Waals surface area contributed by atoms with Gasteiger partial charge in [-0.2, -0.15) is 0 Å². The third-order valence-electron chi connectivity index (χ3n) is 2.03. The first-order chi connectivity index (χ1) is 6.24. The van der Waals surface area contributed by atoms with Gasteiger partial charge in [0, 0.05) is 32.7 Å². The summed E-state index contributed by atoms with van der Waals surface area (Å²) in [7, 11) is 0. The van der Waals surface area contributed by atoms with Crippen molar-refractivity contribution >= 4 is 12.0 Å². The fraction of sp³-hybridized carbons (Fsp3) is 0.222. The Morgan fingerprint density at radius 2 is 2.21 bits per heavy atom. The average Bonchev–Trinajstić information content (AvgIpc) is 2.53. The first kappa shape index (κ1) is 11.5. The van der Waals surface area contributed by atoms with E-state index in [1.165, 1.54) is 0 Å². The normalized spacial score (nSPS) is 12.1. The van der Waals surface area contributed by atoms with Crippen LogP contribution in [0.3, 0.4) is 0 Å². The van der Waals surface area contributed by atoms with Gasteiger partial charge in [-0.25, -0.2) is 0 Å². The molecule has 71 valence electrons. The number of rotatable bonds is 1. The smallest absolute Gasteiger partial charge is 0.229 e. The van der Waals surface area contributed by atoms with Crippen LogP contribution < -0.4 is 15.2 Å². The summed E-state index contributed by atoms with van der Waals surface area (Å²) in [4.78, 5) is 10.5. The summed E-state index contributed by atoms with van der Waals surface area (Å²) in [6, 6.07) is 1.58. The zero-order valence-corrected chi connectivity index (χ0v) is 10.5. The van der Waals surface area contributed by atoms with Crippen molar-refractivity contribution in [3.8, 4) is 11.5 Å². The summed E-state index contributed by atoms with van der Waals surface area (Å²) in [5.74, 6) is 1.18. The maximum absolute atomic E-state index is 10.5. The molecule has 1 aromatic rings. The van der Waals surface area contributed by atoms with E-state index in [1.54, 1.807) is 19.3 Å². The van der Waals surface area contributed by atoms with Crippen LogP contribution in [0.25, 0.3) is 0 Å². The number of benzene rings is 1. The van der Waals surface area contributed by atoms with E-state index in [1.807, 2.05) is 0 Å². The molecule has 0 spiro atoms. The van der Waals surface area contributed by atoms with Crippen LogP contribution in [-0.2, 0) is 37.5 Å². The van der Waals surface area contributed by atoms with E-state index < -0.39 is 0 Å². The molecule has 1 aromatic carbocycles. The fourth-order valence-electron chi connectivity index (χ4n) is 1.37. The summed E-state index contributed by atoms with van der Waals surface area (Å²) in [5, 5.41) is 0. The van der Waals surface area contributed by atoms with E-state index in [0.29, 0.717) is 28.3 Å². The van der Waals surface area contributed by atoms with Crippen LogP contribution in [-0.4, -0.2) is 13.1 Å². The Labute approximate surface area is 107 Å². The SMILES string of the molecule is Cc1c([C-]=O)c(N)cc2c1OCO2.[Y]. The standard InChI is InChI=1S/C9H8NO3.Y/c1-5-6(3-11)7(10)2-8-9(5)13-4-12-8;/h2H,4,10H2,1H3;/q-1;. The summed E-state index contributed by atoms with van der Waals surface area (Å²) >= 11 is 0. The van der Waals surface area contributed by atoms with Crippen molar-refractivity contribution in [3.05, 3.63) is 17.2 Å². The monoisotopic (exact) mass is 267 g/mol. The van der Waals surface area contributed by atoms with Crippen LogP contribution >= 0.6 is 0 Å². The maximum atomic E-state index is 10.5. The van der Waals surface area contributed by atoms with Gasteiger partial charge in [-0.1, -0.05) is 12.6 Å². The molecule has 14 heavy (non-hydrogen) atoms. The number of fused-ring (bicyclic) bond motifs is 1. The van der Waals surface area contributed by atoms with Gasteiger partial charge in [0.05, 0.1) is 6.29 Å². The molecule has 0 bridgehead atoms. The first-order valence-corrected chi connectivity index (χ1v) is 3.81. The minimum Gasteiger partial charge on any atom is -0.466 e.